The second-order valence-electron chi connectivity index (χ2n) is 3.02. The van der Waals surface area contributed by atoms with E-state index in [1.165, 1.54) is 12.8 Å². The van der Waals surface area contributed by atoms with Gasteiger partial charge in [-0.05, 0) is 12.8 Å². The van der Waals surface area contributed by atoms with Gasteiger partial charge in [0.15, 0.2) is 0 Å². The Hall–Kier alpha value is -0.0500. The summed E-state index contributed by atoms with van der Waals surface area (Å²) in [5.41, 5.74) is 0. The highest BCUT2D eigenvalue weighted by molar-refractivity contribution is 9.09. The predicted molar refractivity (Wildman–Crippen MR) is 48.7 cm³/mol. The maximum absolute atomic E-state index is 11.2. The van der Waals surface area contributed by atoms with Gasteiger partial charge in [-0.3, -0.25) is 4.79 Å². The first kappa shape index (κ1) is 9.04. The summed E-state index contributed by atoms with van der Waals surface area (Å²) in [6.07, 6.45) is 4.62. The van der Waals surface area contributed by atoms with E-state index in [2.05, 4.69) is 21.2 Å². The molecular weight excluding hydrogens is 206 g/mol. The molecule has 1 aliphatic carbocycles. The maximum Gasteiger partial charge on any atom is 0.223 e. The Balaban J connectivity index is 2.47. The Morgan fingerprint density at radius 3 is 2.64 bits per heavy atom. The van der Waals surface area contributed by atoms with E-state index in [1.807, 2.05) is 0 Å². The lowest BCUT2D eigenvalue weighted by molar-refractivity contribution is -0.125. The van der Waals surface area contributed by atoms with Crippen molar-refractivity contribution in [2.75, 3.05) is 7.05 Å². The van der Waals surface area contributed by atoms with Crippen molar-refractivity contribution in [1.29, 1.82) is 0 Å². The molecule has 0 aromatic heterocycles. The van der Waals surface area contributed by atoms with Crippen LogP contribution in [-0.2, 0) is 4.79 Å². The summed E-state index contributed by atoms with van der Waals surface area (Å²) in [7, 11) is 1.71. The van der Waals surface area contributed by atoms with Crippen molar-refractivity contribution in [3.63, 3.8) is 0 Å². The topological polar surface area (TPSA) is 29.1 Å². The summed E-state index contributed by atoms with van der Waals surface area (Å²) in [4.78, 5) is 11.6. The van der Waals surface area contributed by atoms with Crippen LogP contribution in [0.25, 0.3) is 0 Å². The van der Waals surface area contributed by atoms with Gasteiger partial charge in [-0.15, -0.1) is 0 Å². The SMILES string of the molecule is CNC(=O)[C@H]1CCCC[C@@H]1Br. The molecule has 0 aromatic rings. The molecule has 1 rings (SSSR count). The van der Waals surface area contributed by atoms with Crippen molar-refractivity contribution < 1.29 is 4.79 Å². The fourth-order valence-electron chi connectivity index (χ4n) is 1.57. The number of rotatable bonds is 1. The Morgan fingerprint density at radius 1 is 1.45 bits per heavy atom. The first-order valence-electron chi connectivity index (χ1n) is 4.11. The van der Waals surface area contributed by atoms with E-state index < -0.39 is 0 Å². The van der Waals surface area contributed by atoms with Crippen molar-refractivity contribution in [1.82, 2.24) is 5.32 Å². The van der Waals surface area contributed by atoms with Gasteiger partial charge in [0.1, 0.15) is 0 Å². The number of hydrogen-bond donors (Lipinski definition) is 1. The number of carbonyl (C=O) groups excluding carboxylic acids is 1. The third-order valence-electron chi connectivity index (χ3n) is 2.26. The van der Waals surface area contributed by atoms with E-state index in [9.17, 15) is 4.79 Å². The molecule has 1 saturated carbocycles. The van der Waals surface area contributed by atoms with Crippen LogP contribution in [0.5, 0.6) is 0 Å². The molecule has 1 N–H and O–H groups in total. The number of carbonyl (C=O) groups is 1. The van der Waals surface area contributed by atoms with Gasteiger partial charge in [-0.1, -0.05) is 28.8 Å². The monoisotopic (exact) mass is 219 g/mol. The van der Waals surface area contributed by atoms with Gasteiger partial charge in [0.2, 0.25) is 5.91 Å². The Bertz CT molecular complexity index is 149. The second-order valence-corrected chi connectivity index (χ2v) is 4.20. The van der Waals surface area contributed by atoms with Crippen LogP contribution in [0.3, 0.4) is 0 Å². The van der Waals surface area contributed by atoms with Crippen LogP contribution < -0.4 is 5.32 Å². The zero-order valence-corrected chi connectivity index (χ0v) is 8.36. The van der Waals surface area contributed by atoms with Crippen LogP contribution in [-0.4, -0.2) is 17.8 Å². The number of alkyl halides is 1. The van der Waals surface area contributed by atoms with E-state index >= 15 is 0 Å². The zero-order valence-electron chi connectivity index (χ0n) is 6.77. The van der Waals surface area contributed by atoms with E-state index in [-0.39, 0.29) is 11.8 Å². The lowest BCUT2D eigenvalue weighted by Gasteiger charge is -2.25. The van der Waals surface area contributed by atoms with E-state index in [4.69, 9.17) is 0 Å². The third kappa shape index (κ3) is 2.19. The minimum absolute atomic E-state index is 0.187. The molecule has 1 aliphatic rings. The molecule has 1 fully saturated rings. The molecule has 64 valence electrons. The standard InChI is InChI=1S/C8H14BrNO/c1-10-8(11)6-4-2-3-5-7(6)9/h6-7H,2-5H2,1H3,(H,10,11)/t6-,7-/m0/s1. The predicted octanol–water partition coefficient (Wildman–Crippen LogP) is 1.69. The molecular formula is C8H14BrNO. The van der Waals surface area contributed by atoms with Gasteiger partial charge >= 0.3 is 0 Å². The minimum Gasteiger partial charge on any atom is -0.359 e. The molecule has 0 heterocycles. The number of hydrogen-bond acceptors (Lipinski definition) is 1. The Morgan fingerprint density at radius 2 is 2.09 bits per heavy atom. The van der Waals surface area contributed by atoms with E-state index in [0.29, 0.717) is 4.83 Å². The third-order valence-corrected chi connectivity index (χ3v) is 3.36. The van der Waals surface area contributed by atoms with Gasteiger partial charge in [-0.2, -0.15) is 0 Å². The smallest absolute Gasteiger partial charge is 0.223 e. The molecule has 0 spiro atoms. The van der Waals surface area contributed by atoms with Gasteiger partial charge in [0, 0.05) is 11.9 Å². The maximum atomic E-state index is 11.2. The molecule has 2 nitrogen and oxygen atoms in total. The average Bonchev–Trinajstić information content (AvgIpc) is 2.04. The summed E-state index contributed by atoms with van der Waals surface area (Å²) in [6, 6.07) is 0. The second kappa shape index (κ2) is 4.10. The molecule has 0 unspecified atom stereocenters. The van der Waals surface area contributed by atoms with E-state index in [1.54, 1.807) is 7.05 Å². The summed E-state index contributed by atoms with van der Waals surface area (Å²) in [5, 5.41) is 2.70. The van der Waals surface area contributed by atoms with Crippen LogP contribution in [0.15, 0.2) is 0 Å². The molecule has 0 aliphatic heterocycles. The first-order chi connectivity index (χ1) is 5.25. The van der Waals surface area contributed by atoms with Crippen molar-refractivity contribution in [2.24, 2.45) is 5.92 Å². The molecule has 2 atom stereocenters. The van der Waals surface area contributed by atoms with Gasteiger partial charge in [0.05, 0.1) is 5.92 Å². The fraction of sp³-hybridized carbons (Fsp3) is 0.875. The Labute approximate surface area is 75.9 Å². The van der Waals surface area contributed by atoms with Crippen molar-refractivity contribution in [2.45, 2.75) is 30.5 Å². The largest absolute Gasteiger partial charge is 0.359 e. The lowest BCUT2D eigenvalue weighted by atomic mass is 9.88. The molecule has 3 heteroatoms. The number of nitrogens with one attached hydrogen (secondary N) is 1. The van der Waals surface area contributed by atoms with Crippen LogP contribution in [0.4, 0.5) is 0 Å². The highest BCUT2D eigenvalue weighted by Gasteiger charge is 2.27. The lowest BCUT2D eigenvalue weighted by Crippen LogP contribution is -2.34. The Kier molecular flexibility index (Phi) is 3.37. The fourth-order valence-corrected chi connectivity index (χ4v) is 2.39. The summed E-state index contributed by atoms with van der Waals surface area (Å²) >= 11 is 3.54. The van der Waals surface area contributed by atoms with Crippen LogP contribution in [0.1, 0.15) is 25.7 Å². The molecule has 0 bridgehead atoms. The van der Waals surface area contributed by atoms with E-state index in [0.717, 1.165) is 12.8 Å². The van der Waals surface area contributed by atoms with Crippen LogP contribution in [0.2, 0.25) is 0 Å². The van der Waals surface area contributed by atoms with Crippen molar-refractivity contribution in [3.8, 4) is 0 Å². The highest BCUT2D eigenvalue weighted by Crippen LogP contribution is 2.29. The summed E-state index contributed by atoms with van der Waals surface area (Å²) < 4.78 is 0. The molecule has 0 saturated heterocycles. The van der Waals surface area contributed by atoms with Crippen molar-refractivity contribution >= 4 is 21.8 Å². The summed E-state index contributed by atoms with van der Waals surface area (Å²) in [6.45, 7) is 0. The molecule has 1 amide bonds. The highest BCUT2D eigenvalue weighted by atomic mass is 79.9. The number of halogens is 1. The quantitative estimate of drug-likeness (QED) is 0.669. The summed E-state index contributed by atoms with van der Waals surface area (Å²) in [5.74, 6) is 0.389. The zero-order chi connectivity index (χ0) is 8.27. The van der Waals surface area contributed by atoms with Crippen LogP contribution >= 0.6 is 15.9 Å². The normalized spacial score (nSPS) is 31.5. The molecule has 11 heavy (non-hydrogen) atoms. The minimum atomic E-state index is 0.187. The number of amides is 1. The van der Waals surface area contributed by atoms with Gasteiger partial charge in [-0.25, -0.2) is 0 Å². The first-order valence-corrected chi connectivity index (χ1v) is 5.03. The average molecular weight is 220 g/mol. The van der Waals surface area contributed by atoms with Gasteiger partial charge in [0.25, 0.3) is 0 Å². The van der Waals surface area contributed by atoms with Crippen molar-refractivity contribution in [3.05, 3.63) is 0 Å². The molecule has 0 radical (unpaired) electrons. The van der Waals surface area contributed by atoms with Gasteiger partial charge < -0.3 is 5.32 Å². The van der Waals surface area contributed by atoms with Crippen LogP contribution in [0, 0.1) is 5.92 Å². The molecule has 0 aromatic carbocycles.